The minimum Gasteiger partial charge on any atom is -0.342 e. The maximum atomic E-state index is 12.5. The highest BCUT2D eigenvalue weighted by Gasteiger charge is 2.25. The molecule has 23 heavy (non-hydrogen) atoms. The summed E-state index contributed by atoms with van der Waals surface area (Å²) in [7, 11) is 1.93. The van der Waals surface area contributed by atoms with Gasteiger partial charge in [-0.05, 0) is 31.7 Å². The molecule has 2 aromatic rings. The van der Waals surface area contributed by atoms with E-state index in [4.69, 9.17) is 0 Å². The molecular formula is C17H23N5O. The minimum atomic E-state index is 0.224. The molecule has 0 bridgehead atoms. The number of carbonyl (C=O) groups excluding carboxylic acids is 1. The molecule has 0 spiro atoms. The maximum absolute atomic E-state index is 12.5. The fraction of sp³-hybridized carbons (Fsp3) is 0.529. The van der Waals surface area contributed by atoms with Crippen molar-refractivity contribution in [1.29, 1.82) is 0 Å². The summed E-state index contributed by atoms with van der Waals surface area (Å²) in [4.78, 5) is 23.0. The van der Waals surface area contributed by atoms with Gasteiger partial charge >= 0.3 is 0 Å². The van der Waals surface area contributed by atoms with Crippen molar-refractivity contribution in [3.63, 3.8) is 0 Å². The molecule has 0 N–H and O–H groups in total. The first kappa shape index (κ1) is 15.6. The monoisotopic (exact) mass is 313 g/mol. The first-order chi connectivity index (χ1) is 11.1. The molecule has 0 aromatic carbocycles. The number of aromatic nitrogens is 4. The zero-order chi connectivity index (χ0) is 16.2. The number of hydrogen-bond donors (Lipinski definition) is 0. The van der Waals surface area contributed by atoms with E-state index >= 15 is 0 Å². The third-order valence-corrected chi connectivity index (χ3v) is 4.72. The van der Waals surface area contributed by atoms with E-state index in [0.717, 1.165) is 49.3 Å². The number of rotatable bonds is 4. The Morgan fingerprint density at radius 3 is 2.91 bits per heavy atom. The van der Waals surface area contributed by atoms with Gasteiger partial charge in [0.25, 0.3) is 0 Å². The van der Waals surface area contributed by atoms with Gasteiger partial charge in [-0.2, -0.15) is 5.10 Å². The molecule has 122 valence electrons. The first-order valence-electron chi connectivity index (χ1n) is 8.16. The van der Waals surface area contributed by atoms with Crippen LogP contribution in [0.5, 0.6) is 0 Å². The van der Waals surface area contributed by atoms with Crippen LogP contribution in [-0.4, -0.2) is 43.6 Å². The van der Waals surface area contributed by atoms with Gasteiger partial charge in [0, 0.05) is 56.8 Å². The summed E-state index contributed by atoms with van der Waals surface area (Å²) in [5, 5.41) is 4.23. The van der Waals surface area contributed by atoms with Gasteiger partial charge < -0.3 is 4.90 Å². The molecule has 6 heteroatoms. The van der Waals surface area contributed by atoms with E-state index in [1.807, 2.05) is 35.9 Å². The summed E-state index contributed by atoms with van der Waals surface area (Å²) < 4.78 is 1.85. The van der Waals surface area contributed by atoms with Crippen molar-refractivity contribution in [2.45, 2.75) is 38.5 Å². The predicted molar refractivity (Wildman–Crippen MR) is 86.9 cm³/mol. The van der Waals surface area contributed by atoms with E-state index in [0.29, 0.717) is 12.3 Å². The lowest BCUT2D eigenvalue weighted by atomic mass is 9.94. The molecule has 1 aliphatic rings. The van der Waals surface area contributed by atoms with E-state index in [2.05, 4.69) is 15.1 Å². The molecule has 1 atom stereocenters. The van der Waals surface area contributed by atoms with Crippen LogP contribution < -0.4 is 0 Å². The molecule has 6 nitrogen and oxygen atoms in total. The van der Waals surface area contributed by atoms with Crippen molar-refractivity contribution in [1.82, 2.24) is 24.6 Å². The lowest BCUT2D eigenvalue weighted by molar-refractivity contribution is -0.132. The van der Waals surface area contributed by atoms with Crippen molar-refractivity contribution in [3.05, 3.63) is 41.7 Å². The molecule has 0 saturated carbocycles. The number of carbonyl (C=O) groups is 1. The van der Waals surface area contributed by atoms with Gasteiger partial charge in [0.15, 0.2) is 0 Å². The van der Waals surface area contributed by atoms with Crippen LogP contribution in [0.25, 0.3) is 0 Å². The maximum Gasteiger partial charge on any atom is 0.222 e. The summed E-state index contributed by atoms with van der Waals surface area (Å²) in [6, 6.07) is 0. The average molecular weight is 313 g/mol. The summed E-state index contributed by atoms with van der Waals surface area (Å²) in [6.45, 7) is 3.64. The van der Waals surface area contributed by atoms with Crippen LogP contribution in [0.15, 0.2) is 24.8 Å². The number of hydrogen-bond acceptors (Lipinski definition) is 4. The Bertz CT molecular complexity index is 667. The van der Waals surface area contributed by atoms with Crippen molar-refractivity contribution in [2.75, 3.05) is 13.1 Å². The van der Waals surface area contributed by atoms with Crippen molar-refractivity contribution in [3.8, 4) is 0 Å². The van der Waals surface area contributed by atoms with Crippen molar-refractivity contribution in [2.24, 2.45) is 7.05 Å². The van der Waals surface area contributed by atoms with Gasteiger partial charge in [-0.1, -0.05) is 0 Å². The Balaban J connectivity index is 1.58. The SMILES string of the molecule is Cc1c(CCC(=O)N2CCCC(c3cnccn3)C2)cnn1C. The minimum absolute atomic E-state index is 0.224. The van der Waals surface area contributed by atoms with Crippen LogP contribution in [-0.2, 0) is 18.3 Å². The van der Waals surface area contributed by atoms with Crippen LogP contribution in [0.4, 0.5) is 0 Å². The largest absolute Gasteiger partial charge is 0.342 e. The molecular weight excluding hydrogens is 290 g/mol. The van der Waals surface area contributed by atoms with E-state index < -0.39 is 0 Å². The molecule has 1 aliphatic heterocycles. The number of piperidine rings is 1. The Hall–Kier alpha value is -2.24. The number of nitrogens with zero attached hydrogens (tertiary/aromatic N) is 5. The normalized spacial score (nSPS) is 18.2. The molecule has 1 saturated heterocycles. The van der Waals surface area contributed by atoms with E-state index in [1.165, 1.54) is 0 Å². The standard InChI is InChI=1S/C17H23N5O/c1-13-14(10-20-21(13)2)5-6-17(23)22-9-3-4-15(12-22)16-11-18-7-8-19-16/h7-8,10-11,15H,3-6,9,12H2,1-2H3. The average Bonchev–Trinajstić information content (AvgIpc) is 2.92. The molecule has 3 rings (SSSR count). The highest BCUT2D eigenvalue weighted by molar-refractivity contribution is 5.76. The van der Waals surface area contributed by atoms with E-state index in [1.54, 1.807) is 12.4 Å². The second-order valence-corrected chi connectivity index (χ2v) is 6.19. The highest BCUT2D eigenvalue weighted by Crippen LogP contribution is 2.25. The van der Waals surface area contributed by atoms with Gasteiger partial charge in [0.1, 0.15) is 0 Å². The van der Waals surface area contributed by atoms with Crippen LogP contribution >= 0.6 is 0 Å². The summed E-state index contributed by atoms with van der Waals surface area (Å²) >= 11 is 0. The Kier molecular flexibility index (Phi) is 4.69. The molecule has 0 aliphatic carbocycles. The van der Waals surface area contributed by atoms with Crippen LogP contribution in [0.1, 0.15) is 42.1 Å². The second-order valence-electron chi connectivity index (χ2n) is 6.19. The van der Waals surface area contributed by atoms with Gasteiger partial charge in [0.05, 0.1) is 11.9 Å². The molecule has 1 unspecified atom stereocenters. The second kappa shape index (κ2) is 6.89. The molecule has 3 heterocycles. The smallest absolute Gasteiger partial charge is 0.222 e. The molecule has 1 amide bonds. The number of aryl methyl sites for hydroxylation is 2. The third-order valence-electron chi connectivity index (χ3n) is 4.72. The van der Waals surface area contributed by atoms with Crippen molar-refractivity contribution >= 4 is 5.91 Å². The fourth-order valence-electron chi connectivity index (χ4n) is 3.16. The van der Waals surface area contributed by atoms with E-state index in [9.17, 15) is 4.79 Å². The topological polar surface area (TPSA) is 63.9 Å². The summed E-state index contributed by atoms with van der Waals surface area (Å²) in [6.07, 6.45) is 10.5. The van der Waals surface area contributed by atoms with E-state index in [-0.39, 0.29) is 5.91 Å². The lowest BCUT2D eigenvalue weighted by Crippen LogP contribution is -2.39. The molecule has 1 fully saturated rings. The van der Waals surface area contributed by atoms with Crippen LogP contribution in [0.3, 0.4) is 0 Å². The quantitative estimate of drug-likeness (QED) is 0.864. The zero-order valence-corrected chi connectivity index (χ0v) is 13.8. The van der Waals surface area contributed by atoms with Crippen LogP contribution in [0, 0.1) is 6.92 Å². The van der Waals surface area contributed by atoms with Crippen LogP contribution in [0.2, 0.25) is 0 Å². The van der Waals surface area contributed by atoms with Gasteiger partial charge in [0.2, 0.25) is 5.91 Å². The van der Waals surface area contributed by atoms with Crippen molar-refractivity contribution < 1.29 is 4.79 Å². The summed E-state index contributed by atoms with van der Waals surface area (Å²) in [5.74, 6) is 0.531. The Morgan fingerprint density at radius 2 is 2.22 bits per heavy atom. The summed E-state index contributed by atoms with van der Waals surface area (Å²) in [5.41, 5.74) is 3.28. The van der Waals surface area contributed by atoms with Gasteiger partial charge in [-0.25, -0.2) is 0 Å². The lowest BCUT2D eigenvalue weighted by Gasteiger charge is -2.32. The Labute approximate surface area is 136 Å². The van der Waals surface area contributed by atoms with Gasteiger partial charge in [-0.3, -0.25) is 19.4 Å². The third kappa shape index (κ3) is 3.57. The zero-order valence-electron chi connectivity index (χ0n) is 13.8. The number of amides is 1. The Morgan fingerprint density at radius 1 is 1.35 bits per heavy atom. The fourth-order valence-corrected chi connectivity index (χ4v) is 3.16. The molecule has 2 aromatic heterocycles. The first-order valence-corrected chi connectivity index (χ1v) is 8.16. The van der Waals surface area contributed by atoms with Gasteiger partial charge in [-0.15, -0.1) is 0 Å². The highest BCUT2D eigenvalue weighted by atomic mass is 16.2. The predicted octanol–water partition coefficient (Wildman–Crippen LogP) is 1.86. The molecule has 0 radical (unpaired) electrons. The number of likely N-dealkylation sites (tertiary alicyclic amines) is 1.